The molecule has 0 aliphatic heterocycles. The Labute approximate surface area is 122 Å². The van der Waals surface area contributed by atoms with Crippen LogP contribution in [0.25, 0.3) is 0 Å². The smallest absolute Gasteiger partial charge is 0.381 e. The molecule has 0 fully saturated rings. The molecule has 0 aliphatic rings. The van der Waals surface area contributed by atoms with Crippen molar-refractivity contribution in [2.24, 2.45) is 0 Å². The zero-order valence-corrected chi connectivity index (χ0v) is 11.8. The van der Waals surface area contributed by atoms with Gasteiger partial charge in [0.05, 0.1) is 5.56 Å². The van der Waals surface area contributed by atoms with Gasteiger partial charge in [-0.3, -0.25) is 0 Å². The van der Waals surface area contributed by atoms with Crippen molar-refractivity contribution in [2.75, 3.05) is 5.32 Å². The Hall–Kier alpha value is -1.97. The van der Waals surface area contributed by atoms with Gasteiger partial charge in [-0.15, -0.1) is 0 Å². The average Bonchev–Trinajstić information content (AvgIpc) is 2.47. The molecule has 4 heteroatoms. The second kappa shape index (κ2) is 6.66. The van der Waals surface area contributed by atoms with Crippen molar-refractivity contribution in [2.45, 2.75) is 32.0 Å². The first-order chi connectivity index (χ1) is 10.0. The van der Waals surface area contributed by atoms with E-state index in [-0.39, 0.29) is 11.7 Å². The topological polar surface area (TPSA) is 12.0 Å². The number of benzene rings is 2. The Balaban J connectivity index is 2.16. The summed E-state index contributed by atoms with van der Waals surface area (Å²) in [6.45, 7) is 1.97. The normalized spacial score (nSPS) is 13.0. The lowest BCUT2D eigenvalue weighted by Gasteiger charge is -2.21. The highest BCUT2D eigenvalue weighted by Gasteiger charge is 2.33. The molecule has 0 bridgehead atoms. The SMILES string of the molecule is CCC(Cc1ccccc1)Nc1ccccc1C(F)(F)F. The largest absolute Gasteiger partial charge is 0.418 e. The lowest BCUT2D eigenvalue weighted by atomic mass is 10.0. The number of nitrogens with one attached hydrogen (secondary N) is 1. The van der Waals surface area contributed by atoms with E-state index in [1.807, 2.05) is 37.3 Å². The van der Waals surface area contributed by atoms with Gasteiger partial charge >= 0.3 is 6.18 Å². The molecular formula is C17H18F3N. The number of para-hydroxylation sites is 1. The van der Waals surface area contributed by atoms with Crippen LogP contribution in [0.4, 0.5) is 18.9 Å². The summed E-state index contributed by atoms with van der Waals surface area (Å²) >= 11 is 0. The molecular weight excluding hydrogens is 275 g/mol. The van der Waals surface area contributed by atoms with Gasteiger partial charge in [-0.1, -0.05) is 49.4 Å². The van der Waals surface area contributed by atoms with Gasteiger partial charge in [0.15, 0.2) is 0 Å². The van der Waals surface area contributed by atoms with E-state index < -0.39 is 11.7 Å². The molecule has 112 valence electrons. The van der Waals surface area contributed by atoms with Crippen LogP contribution in [0.2, 0.25) is 0 Å². The quantitative estimate of drug-likeness (QED) is 0.805. The second-order valence-corrected chi connectivity index (χ2v) is 4.98. The zero-order chi connectivity index (χ0) is 15.3. The molecule has 1 N–H and O–H groups in total. The fraction of sp³-hybridized carbons (Fsp3) is 0.294. The van der Waals surface area contributed by atoms with E-state index in [0.717, 1.165) is 18.1 Å². The summed E-state index contributed by atoms with van der Waals surface area (Å²) in [5.41, 5.74) is 0.644. The predicted octanol–water partition coefficient (Wildman–Crippen LogP) is 5.14. The van der Waals surface area contributed by atoms with Crippen LogP contribution < -0.4 is 5.32 Å². The van der Waals surface area contributed by atoms with Crippen LogP contribution in [0.5, 0.6) is 0 Å². The first-order valence-corrected chi connectivity index (χ1v) is 6.97. The third-order valence-corrected chi connectivity index (χ3v) is 3.41. The summed E-state index contributed by atoms with van der Waals surface area (Å²) in [7, 11) is 0. The molecule has 0 heterocycles. The molecule has 21 heavy (non-hydrogen) atoms. The minimum atomic E-state index is -4.34. The lowest BCUT2D eigenvalue weighted by Crippen LogP contribution is -2.23. The molecule has 2 aromatic rings. The van der Waals surface area contributed by atoms with Crippen molar-refractivity contribution >= 4 is 5.69 Å². The molecule has 0 saturated heterocycles. The number of hydrogen-bond acceptors (Lipinski definition) is 1. The van der Waals surface area contributed by atoms with Gasteiger partial charge in [0.25, 0.3) is 0 Å². The molecule has 0 spiro atoms. The van der Waals surface area contributed by atoms with Gasteiger partial charge in [-0.2, -0.15) is 13.2 Å². The fourth-order valence-corrected chi connectivity index (χ4v) is 2.27. The third-order valence-electron chi connectivity index (χ3n) is 3.41. The van der Waals surface area contributed by atoms with Crippen molar-refractivity contribution in [1.29, 1.82) is 0 Å². The lowest BCUT2D eigenvalue weighted by molar-refractivity contribution is -0.137. The first-order valence-electron chi connectivity index (χ1n) is 6.97. The number of anilines is 1. The minimum absolute atomic E-state index is 0.0316. The summed E-state index contributed by atoms with van der Waals surface area (Å²) in [4.78, 5) is 0. The molecule has 2 rings (SSSR count). The van der Waals surface area contributed by atoms with Crippen LogP contribution in [-0.4, -0.2) is 6.04 Å². The zero-order valence-electron chi connectivity index (χ0n) is 11.8. The van der Waals surface area contributed by atoms with Crippen LogP contribution >= 0.6 is 0 Å². The number of alkyl halides is 3. The van der Waals surface area contributed by atoms with Crippen molar-refractivity contribution in [3.8, 4) is 0 Å². The molecule has 2 aromatic carbocycles. The Morgan fingerprint density at radius 2 is 1.57 bits per heavy atom. The third kappa shape index (κ3) is 4.25. The molecule has 0 saturated carbocycles. The van der Waals surface area contributed by atoms with Crippen LogP contribution in [0.3, 0.4) is 0 Å². The van der Waals surface area contributed by atoms with Crippen LogP contribution in [0.1, 0.15) is 24.5 Å². The van der Waals surface area contributed by atoms with Crippen LogP contribution in [0.15, 0.2) is 54.6 Å². The van der Waals surface area contributed by atoms with Gasteiger partial charge in [-0.25, -0.2) is 0 Å². The molecule has 0 amide bonds. The number of rotatable bonds is 5. The fourth-order valence-electron chi connectivity index (χ4n) is 2.27. The van der Waals surface area contributed by atoms with Crippen LogP contribution in [-0.2, 0) is 12.6 Å². The van der Waals surface area contributed by atoms with E-state index in [1.54, 1.807) is 6.07 Å². The monoisotopic (exact) mass is 293 g/mol. The Morgan fingerprint density at radius 1 is 0.952 bits per heavy atom. The number of hydrogen-bond donors (Lipinski definition) is 1. The summed E-state index contributed by atoms with van der Waals surface area (Å²) in [6, 6.07) is 15.4. The minimum Gasteiger partial charge on any atom is -0.381 e. The predicted molar refractivity (Wildman–Crippen MR) is 79.3 cm³/mol. The molecule has 0 aliphatic carbocycles. The summed E-state index contributed by atoms with van der Waals surface area (Å²) in [5.74, 6) is 0. The average molecular weight is 293 g/mol. The van der Waals surface area contributed by atoms with Gasteiger partial charge in [-0.05, 0) is 30.5 Å². The van der Waals surface area contributed by atoms with Gasteiger partial charge in [0, 0.05) is 11.7 Å². The summed E-state index contributed by atoms with van der Waals surface area (Å²) in [6.07, 6.45) is -2.89. The van der Waals surface area contributed by atoms with E-state index in [9.17, 15) is 13.2 Å². The molecule has 0 radical (unpaired) electrons. The van der Waals surface area contributed by atoms with Crippen LogP contribution in [0, 0.1) is 0 Å². The van der Waals surface area contributed by atoms with Crippen molar-refractivity contribution < 1.29 is 13.2 Å². The summed E-state index contributed by atoms with van der Waals surface area (Å²) in [5, 5.41) is 3.03. The highest BCUT2D eigenvalue weighted by Crippen LogP contribution is 2.35. The van der Waals surface area contributed by atoms with E-state index in [1.165, 1.54) is 12.1 Å². The Bertz CT molecular complexity index is 564. The van der Waals surface area contributed by atoms with Crippen molar-refractivity contribution in [1.82, 2.24) is 0 Å². The van der Waals surface area contributed by atoms with E-state index in [0.29, 0.717) is 6.42 Å². The van der Waals surface area contributed by atoms with Gasteiger partial charge < -0.3 is 5.32 Å². The summed E-state index contributed by atoms with van der Waals surface area (Å²) < 4.78 is 39.0. The molecule has 1 nitrogen and oxygen atoms in total. The highest BCUT2D eigenvalue weighted by molar-refractivity contribution is 5.53. The van der Waals surface area contributed by atoms with E-state index >= 15 is 0 Å². The maximum atomic E-state index is 13.0. The Kier molecular flexibility index (Phi) is 4.89. The van der Waals surface area contributed by atoms with Crippen molar-refractivity contribution in [3.63, 3.8) is 0 Å². The number of halogens is 3. The highest BCUT2D eigenvalue weighted by atomic mass is 19.4. The maximum Gasteiger partial charge on any atom is 0.418 e. The Morgan fingerprint density at radius 3 is 2.19 bits per heavy atom. The first kappa shape index (κ1) is 15.4. The van der Waals surface area contributed by atoms with Gasteiger partial charge in [0.2, 0.25) is 0 Å². The molecule has 0 aromatic heterocycles. The second-order valence-electron chi connectivity index (χ2n) is 4.98. The van der Waals surface area contributed by atoms with Gasteiger partial charge in [0.1, 0.15) is 0 Å². The van der Waals surface area contributed by atoms with E-state index in [4.69, 9.17) is 0 Å². The molecule has 1 atom stereocenters. The van der Waals surface area contributed by atoms with E-state index in [2.05, 4.69) is 5.32 Å². The molecule has 1 unspecified atom stereocenters. The standard InChI is InChI=1S/C17H18F3N/c1-2-14(12-13-8-4-3-5-9-13)21-16-11-7-6-10-15(16)17(18,19)20/h3-11,14,21H,2,12H2,1H3. The maximum absolute atomic E-state index is 13.0. The van der Waals surface area contributed by atoms with Crippen molar-refractivity contribution in [3.05, 3.63) is 65.7 Å².